The highest BCUT2D eigenvalue weighted by Crippen LogP contribution is 2.37. The highest BCUT2D eigenvalue weighted by atomic mass is 32.2. The van der Waals surface area contributed by atoms with Gasteiger partial charge in [-0.25, -0.2) is 30.7 Å². The average molecular weight is 487 g/mol. The first-order valence-corrected chi connectivity index (χ1v) is 12.2. The van der Waals surface area contributed by atoms with Crippen LogP contribution in [0.25, 0.3) is 11.1 Å². The van der Waals surface area contributed by atoms with Gasteiger partial charge < -0.3 is 4.90 Å². The monoisotopic (exact) mass is 486 g/mol. The fraction of sp³-hybridized carbons (Fsp3) is 0.435. The molecule has 1 N–H and O–H groups in total. The number of nitrogens with one attached hydrogen (secondary N) is 1. The van der Waals surface area contributed by atoms with E-state index in [0.717, 1.165) is 11.0 Å². The fourth-order valence-corrected chi connectivity index (χ4v) is 4.87. The summed E-state index contributed by atoms with van der Waals surface area (Å²) in [5, 5.41) is 0. The predicted octanol–water partition coefficient (Wildman–Crippen LogP) is 3.98. The Labute approximate surface area is 190 Å². The van der Waals surface area contributed by atoms with Crippen LogP contribution in [-0.2, 0) is 21.2 Å². The maximum Gasteiger partial charge on any atom is 0.283 e. The minimum Gasteiger partial charge on any atom is -0.331 e. The van der Waals surface area contributed by atoms with Crippen molar-refractivity contribution in [2.24, 2.45) is 5.92 Å². The quantitative estimate of drug-likeness (QED) is 0.602. The van der Waals surface area contributed by atoms with Crippen molar-refractivity contribution in [2.75, 3.05) is 12.3 Å². The largest absolute Gasteiger partial charge is 0.331 e. The van der Waals surface area contributed by atoms with Gasteiger partial charge in [0.1, 0.15) is 17.7 Å². The molecule has 2 aromatic rings. The van der Waals surface area contributed by atoms with E-state index in [1.54, 1.807) is 13.8 Å². The van der Waals surface area contributed by atoms with Gasteiger partial charge in [0.15, 0.2) is 0 Å². The molecule has 2 aromatic carbocycles. The maximum atomic E-state index is 15.4. The number of hydrogen-bond acceptors (Lipinski definition) is 3. The summed E-state index contributed by atoms with van der Waals surface area (Å²) >= 11 is 0. The van der Waals surface area contributed by atoms with Crippen molar-refractivity contribution in [3.8, 4) is 11.1 Å². The third-order valence-corrected chi connectivity index (χ3v) is 7.10. The molecule has 0 unspecified atom stereocenters. The van der Waals surface area contributed by atoms with Gasteiger partial charge in [-0.2, -0.15) is 0 Å². The number of likely N-dealkylation sites (tertiary alicyclic amines) is 1. The van der Waals surface area contributed by atoms with Crippen molar-refractivity contribution in [1.82, 2.24) is 9.62 Å². The van der Waals surface area contributed by atoms with Crippen LogP contribution < -0.4 is 4.72 Å². The van der Waals surface area contributed by atoms with E-state index in [2.05, 4.69) is 0 Å². The topological polar surface area (TPSA) is 66.5 Å². The van der Waals surface area contributed by atoms with Gasteiger partial charge >= 0.3 is 0 Å². The Hall–Kier alpha value is -2.46. The molecular weight excluding hydrogens is 460 g/mol. The number of carbonyl (C=O) groups is 1. The number of alkyl halides is 2. The molecule has 33 heavy (non-hydrogen) atoms. The summed E-state index contributed by atoms with van der Waals surface area (Å²) in [6.07, 6.45) is -0.347. The van der Waals surface area contributed by atoms with Crippen LogP contribution in [0.1, 0.15) is 26.3 Å². The molecule has 10 heteroatoms. The summed E-state index contributed by atoms with van der Waals surface area (Å²) in [5.41, 5.74) is 0.357. The molecule has 180 valence electrons. The lowest BCUT2D eigenvalue weighted by molar-refractivity contribution is -0.136. The van der Waals surface area contributed by atoms with Crippen LogP contribution >= 0.6 is 0 Å². The van der Waals surface area contributed by atoms with Crippen LogP contribution in [0.5, 0.6) is 0 Å². The molecule has 3 rings (SSSR count). The van der Waals surface area contributed by atoms with E-state index in [1.807, 2.05) is 4.72 Å². The molecule has 5 nitrogen and oxygen atoms in total. The predicted molar refractivity (Wildman–Crippen MR) is 117 cm³/mol. The molecule has 1 amide bonds. The summed E-state index contributed by atoms with van der Waals surface area (Å²) in [6, 6.07) is 6.41. The van der Waals surface area contributed by atoms with E-state index in [9.17, 15) is 26.4 Å². The van der Waals surface area contributed by atoms with E-state index in [4.69, 9.17) is 0 Å². The van der Waals surface area contributed by atoms with Crippen LogP contribution in [0, 0.1) is 17.6 Å². The van der Waals surface area contributed by atoms with Crippen molar-refractivity contribution in [3.63, 3.8) is 0 Å². The minimum absolute atomic E-state index is 0.0155. The molecule has 2 atom stereocenters. The van der Waals surface area contributed by atoms with Crippen molar-refractivity contribution < 1.29 is 30.8 Å². The van der Waals surface area contributed by atoms with Crippen molar-refractivity contribution >= 4 is 15.9 Å². The van der Waals surface area contributed by atoms with E-state index in [0.29, 0.717) is 0 Å². The maximum absolute atomic E-state index is 15.4. The Morgan fingerprint density at radius 2 is 1.85 bits per heavy atom. The summed E-state index contributed by atoms with van der Waals surface area (Å²) in [6.45, 7) is 3.43. The zero-order valence-corrected chi connectivity index (χ0v) is 19.3. The van der Waals surface area contributed by atoms with Crippen LogP contribution in [0.4, 0.5) is 17.6 Å². The highest BCUT2D eigenvalue weighted by molar-refractivity contribution is 7.89. The van der Waals surface area contributed by atoms with Crippen molar-refractivity contribution in [3.05, 3.63) is 59.7 Å². The number of rotatable bonds is 7. The van der Waals surface area contributed by atoms with Gasteiger partial charge in [0.05, 0.1) is 18.3 Å². The first kappa shape index (κ1) is 25.2. The molecule has 0 aliphatic carbocycles. The lowest BCUT2D eigenvalue weighted by Crippen LogP contribution is -2.53. The lowest BCUT2D eigenvalue weighted by Gasteiger charge is -2.29. The van der Waals surface area contributed by atoms with E-state index in [-0.39, 0.29) is 23.1 Å². The second-order valence-corrected chi connectivity index (χ2v) is 10.5. The van der Waals surface area contributed by atoms with Crippen LogP contribution in [0.15, 0.2) is 42.5 Å². The lowest BCUT2D eigenvalue weighted by atomic mass is 9.95. The van der Waals surface area contributed by atoms with Crippen LogP contribution in [-0.4, -0.2) is 49.5 Å². The number of hydrogen-bond donors (Lipinski definition) is 1. The summed E-state index contributed by atoms with van der Waals surface area (Å²) in [4.78, 5) is 13.6. The summed E-state index contributed by atoms with van der Waals surface area (Å²) in [7, 11) is -4.04. The number of amides is 1. The normalized spacial score (nSPS) is 20.4. The molecule has 0 saturated carbocycles. The fourth-order valence-electron chi connectivity index (χ4n) is 3.99. The Kier molecular flexibility index (Phi) is 7.18. The molecule has 0 radical (unpaired) electrons. The van der Waals surface area contributed by atoms with Gasteiger partial charge in [0.25, 0.3) is 5.92 Å². The summed E-state index contributed by atoms with van der Waals surface area (Å²) in [5.74, 6) is -6.47. The molecule has 0 aromatic heterocycles. The number of halogens is 4. The number of sulfonamides is 1. The van der Waals surface area contributed by atoms with Gasteiger partial charge in [-0.05, 0) is 36.6 Å². The average Bonchev–Trinajstić information content (AvgIpc) is 2.98. The Morgan fingerprint density at radius 3 is 2.45 bits per heavy atom. The van der Waals surface area contributed by atoms with Crippen LogP contribution in [0.2, 0.25) is 0 Å². The highest BCUT2D eigenvalue weighted by Gasteiger charge is 2.57. The third-order valence-electron chi connectivity index (χ3n) is 5.73. The molecular formula is C23H26F4N2O3S. The number of benzene rings is 2. The van der Waals surface area contributed by atoms with Crippen molar-refractivity contribution in [2.45, 2.75) is 45.2 Å². The zero-order chi connectivity index (χ0) is 24.6. The number of carbonyl (C=O) groups excluding carboxylic acids is 1. The second kappa shape index (κ2) is 9.42. The first-order valence-electron chi connectivity index (χ1n) is 10.6. The molecule has 1 fully saturated rings. The van der Waals surface area contributed by atoms with E-state index in [1.165, 1.54) is 43.3 Å². The van der Waals surface area contributed by atoms with Crippen LogP contribution in [0.3, 0.4) is 0 Å². The van der Waals surface area contributed by atoms with E-state index >= 15 is 4.39 Å². The first-order chi connectivity index (χ1) is 15.4. The molecule has 1 heterocycles. The SMILES string of the molecule is CCS(=O)(=O)N[C@@H]1[C@H](Cc2cccc(-c3cccc(F)c3)c2F)N(C(=O)C(C)C)CC1(F)F. The molecule has 0 spiro atoms. The Morgan fingerprint density at radius 1 is 1.18 bits per heavy atom. The standard InChI is InChI=1S/C23H26F4N2O3S/c1-4-33(31,32)28-21-19(29(13-23(21,26)27)22(30)14(2)3)12-16-8-6-10-18(20(16)25)15-7-5-9-17(24)11-15/h5-11,14,19,21,28H,4,12-13H2,1-3H3/t19-,21+/m0/s1. The van der Waals surface area contributed by atoms with Gasteiger partial charge in [-0.1, -0.05) is 44.2 Å². The molecule has 1 aliphatic heterocycles. The number of nitrogens with zero attached hydrogens (tertiary/aromatic N) is 1. The molecule has 1 aliphatic rings. The summed E-state index contributed by atoms with van der Waals surface area (Å²) < 4.78 is 85.2. The van der Waals surface area contributed by atoms with Crippen molar-refractivity contribution in [1.29, 1.82) is 0 Å². The molecule has 0 bridgehead atoms. The zero-order valence-electron chi connectivity index (χ0n) is 18.5. The van der Waals surface area contributed by atoms with E-state index < -0.39 is 63.8 Å². The molecule has 1 saturated heterocycles. The Bertz CT molecular complexity index is 1140. The minimum atomic E-state index is -4.04. The van der Waals surface area contributed by atoms with Gasteiger partial charge in [-0.3, -0.25) is 4.79 Å². The van der Waals surface area contributed by atoms with Gasteiger partial charge in [0.2, 0.25) is 15.9 Å². The Balaban J connectivity index is 2.05. The second-order valence-electron chi connectivity index (χ2n) is 8.44. The third kappa shape index (κ3) is 5.38. The smallest absolute Gasteiger partial charge is 0.283 e. The van der Waals surface area contributed by atoms with Gasteiger partial charge in [0, 0.05) is 11.5 Å². The van der Waals surface area contributed by atoms with Gasteiger partial charge in [-0.15, -0.1) is 0 Å².